The van der Waals surface area contributed by atoms with Crippen molar-refractivity contribution in [3.05, 3.63) is 253 Å². The highest BCUT2D eigenvalue weighted by atomic mass is 15.1. The van der Waals surface area contributed by atoms with Crippen LogP contribution in [0.15, 0.2) is 231 Å². The van der Waals surface area contributed by atoms with Gasteiger partial charge in [-0.15, -0.1) is 0 Å². The van der Waals surface area contributed by atoms with Crippen LogP contribution in [0.3, 0.4) is 0 Å². The fourth-order valence-corrected chi connectivity index (χ4v) is 9.64. The van der Waals surface area contributed by atoms with Crippen LogP contribution in [0.25, 0.3) is 33.4 Å². The number of fused-ring (bicyclic) bond motifs is 10. The van der Waals surface area contributed by atoms with Gasteiger partial charge < -0.3 is 9.80 Å². The Morgan fingerprint density at radius 1 is 0.263 bits per heavy atom. The second kappa shape index (κ2) is 13.4. The molecule has 9 aromatic carbocycles. The molecule has 2 aliphatic rings. The van der Waals surface area contributed by atoms with E-state index in [1.807, 2.05) is 0 Å². The van der Waals surface area contributed by atoms with Crippen molar-refractivity contribution in [1.29, 1.82) is 0 Å². The van der Waals surface area contributed by atoms with E-state index in [4.69, 9.17) is 0 Å². The molecular weight excluding hydrogens is 689 g/mol. The van der Waals surface area contributed by atoms with E-state index >= 15 is 0 Å². The van der Waals surface area contributed by atoms with Gasteiger partial charge in [0, 0.05) is 34.0 Å². The fourth-order valence-electron chi connectivity index (χ4n) is 9.64. The molecule has 1 spiro atoms. The predicted octanol–water partition coefficient (Wildman–Crippen LogP) is 14.6. The van der Waals surface area contributed by atoms with Crippen LogP contribution in [0.4, 0.5) is 34.1 Å². The number of benzene rings is 9. The topological polar surface area (TPSA) is 6.48 Å². The fraction of sp³-hybridized carbons (Fsp3) is 0.0182. The zero-order chi connectivity index (χ0) is 37.8. The average molecular weight is 727 g/mol. The lowest BCUT2D eigenvalue weighted by atomic mass is 9.70. The average Bonchev–Trinajstić information content (AvgIpc) is 3.76. The van der Waals surface area contributed by atoms with Crippen molar-refractivity contribution < 1.29 is 0 Å². The SMILES string of the molecule is c1ccc(N(c2ccccc2)c2cccc(-c3cccc4c3-c3ccccc3C43c4ccccc4-c4c(N(c5ccccc5)c5ccccc5)cccc43)c2)cc1. The van der Waals surface area contributed by atoms with Crippen molar-refractivity contribution in [1.82, 2.24) is 0 Å². The minimum absolute atomic E-state index is 0.499. The molecular formula is C55H38N2. The first-order chi connectivity index (χ1) is 28.3. The lowest BCUT2D eigenvalue weighted by molar-refractivity contribution is 0.794. The van der Waals surface area contributed by atoms with Gasteiger partial charge in [-0.2, -0.15) is 0 Å². The maximum atomic E-state index is 2.42. The smallest absolute Gasteiger partial charge is 0.0726 e. The Kier molecular flexibility index (Phi) is 7.75. The second-order valence-electron chi connectivity index (χ2n) is 14.8. The first kappa shape index (κ1) is 33.0. The molecule has 0 radical (unpaired) electrons. The van der Waals surface area contributed by atoms with Gasteiger partial charge in [0.2, 0.25) is 0 Å². The molecule has 11 rings (SSSR count). The highest BCUT2D eigenvalue weighted by Crippen LogP contribution is 2.65. The van der Waals surface area contributed by atoms with E-state index in [1.165, 1.54) is 61.3 Å². The van der Waals surface area contributed by atoms with Crippen molar-refractivity contribution in [2.24, 2.45) is 0 Å². The highest BCUT2D eigenvalue weighted by Gasteiger charge is 2.53. The molecule has 0 aliphatic heterocycles. The monoisotopic (exact) mass is 726 g/mol. The maximum absolute atomic E-state index is 2.42. The van der Waals surface area contributed by atoms with Crippen LogP contribution in [0.5, 0.6) is 0 Å². The Morgan fingerprint density at radius 3 is 1.21 bits per heavy atom. The van der Waals surface area contributed by atoms with Crippen LogP contribution in [0, 0.1) is 0 Å². The summed E-state index contributed by atoms with van der Waals surface area (Å²) in [5.74, 6) is 0. The molecule has 2 heteroatoms. The Morgan fingerprint density at radius 2 is 0.649 bits per heavy atom. The first-order valence-corrected chi connectivity index (χ1v) is 19.7. The Labute approximate surface area is 334 Å². The molecule has 9 aromatic rings. The predicted molar refractivity (Wildman–Crippen MR) is 238 cm³/mol. The summed E-state index contributed by atoms with van der Waals surface area (Å²) in [7, 11) is 0. The third kappa shape index (κ3) is 5.04. The number of anilines is 6. The van der Waals surface area contributed by atoms with Crippen molar-refractivity contribution in [2.75, 3.05) is 9.80 Å². The second-order valence-corrected chi connectivity index (χ2v) is 14.8. The van der Waals surface area contributed by atoms with E-state index in [9.17, 15) is 0 Å². The lowest BCUT2D eigenvalue weighted by Crippen LogP contribution is -2.26. The van der Waals surface area contributed by atoms with E-state index in [2.05, 4.69) is 240 Å². The van der Waals surface area contributed by atoms with Gasteiger partial charge in [-0.05, 0) is 117 Å². The Hall–Kier alpha value is -7.42. The summed E-state index contributed by atoms with van der Waals surface area (Å²) in [6, 6.07) is 84.0. The third-order valence-electron chi connectivity index (χ3n) is 11.8. The standard InChI is InChI=1S/C55H38N2/c1-5-21-40(22-6-1)56(41-23-7-2-8-24-41)44-29-17-20-39(38-44)45-32-18-35-50-53(45)46-30-13-15-33-48(46)55(50)49-34-16-14-31-47(49)54-51(55)36-19-37-52(54)57(42-25-9-3-10-26-42)43-27-11-4-12-28-43/h1-38H. The number of para-hydroxylation sites is 4. The van der Waals surface area contributed by atoms with Crippen LogP contribution < -0.4 is 9.80 Å². The van der Waals surface area contributed by atoms with Crippen LogP contribution in [0.2, 0.25) is 0 Å². The molecule has 0 saturated heterocycles. The van der Waals surface area contributed by atoms with Crippen LogP contribution in [0.1, 0.15) is 22.3 Å². The van der Waals surface area contributed by atoms with Crippen molar-refractivity contribution in [3.63, 3.8) is 0 Å². The van der Waals surface area contributed by atoms with Crippen molar-refractivity contribution >= 4 is 34.1 Å². The van der Waals surface area contributed by atoms with Crippen molar-refractivity contribution in [3.8, 4) is 33.4 Å². The summed E-state index contributed by atoms with van der Waals surface area (Å²) < 4.78 is 0. The molecule has 0 aromatic heterocycles. The van der Waals surface area contributed by atoms with Gasteiger partial charge in [0.25, 0.3) is 0 Å². The van der Waals surface area contributed by atoms with Gasteiger partial charge in [0.15, 0.2) is 0 Å². The van der Waals surface area contributed by atoms with E-state index in [0.29, 0.717) is 0 Å². The van der Waals surface area contributed by atoms with E-state index in [0.717, 1.165) is 28.4 Å². The zero-order valence-electron chi connectivity index (χ0n) is 31.3. The van der Waals surface area contributed by atoms with Crippen LogP contribution in [-0.2, 0) is 5.41 Å². The molecule has 1 atom stereocenters. The molecule has 268 valence electrons. The minimum atomic E-state index is -0.499. The third-order valence-corrected chi connectivity index (χ3v) is 11.8. The van der Waals surface area contributed by atoms with Gasteiger partial charge in [-0.3, -0.25) is 0 Å². The molecule has 1 unspecified atom stereocenters. The summed E-state index contributed by atoms with van der Waals surface area (Å²) in [5.41, 5.74) is 19.1. The summed E-state index contributed by atoms with van der Waals surface area (Å²) in [4.78, 5) is 4.77. The van der Waals surface area contributed by atoms with Crippen molar-refractivity contribution in [2.45, 2.75) is 5.41 Å². The largest absolute Gasteiger partial charge is 0.310 e. The quantitative estimate of drug-likeness (QED) is 0.161. The molecule has 2 aliphatic carbocycles. The summed E-state index contributed by atoms with van der Waals surface area (Å²) in [6.07, 6.45) is 0. The first-order valence-electron chi connectivity index (χ1n) is 19.7. The molecule has 0 bridgehead atoms. The maximum Gasteiger partial charge on any atom is 0.0726 e. The van der Waals surface area contributed by atoms with Gasteiger partial charge >= 0.3 is 0 Å². The van der Waals surface area contributed by atoms with E-state index < -0.39 is 5.41 Å². The molecule has 2 nitrogen and oxygen atoms in total. The molecule has 0 fully saturated rings. The normalized spacial score (nSPS) is 14.4. The van der Waals surface area contributed by atoms with Gasteiger partial charge in [-0.25, -0.2) is 0 Å². The minimum Gasteiger partial charge on any atom is -0.310 e. The van der Waals surface area contributed by atoms with Crippen LogP contribution in [-0.4, -0.2) is 0 Å². The number of nitrogens with zero attached hydrogens (tertiary/aromatic N) is 2. The zero-order valence-corrected chi connectivity index (χ0v) is 31.3. The lowest BCUT2D eigenvalue weighted by Gasteiger charge is -2.32. The van der Waals surface area contributed by atoms with Gasteiger partial charge in [0.05, 0.1) is 11.1 Å². The summed E-state index contributed by atoms with van der Waals surface area (Å²) in [5, 5.41) is 0. The van der Waals surface area contributed by atoms with E-state index in [-0.39, 0.29) is 0 Å². The molecule has 0 N–H and O–H groups in total. The highest BCUT2D eigenvalue weighted by molar-refractivity contribution is 6.03. The summed E-state index contributed by atoms with van der Waals surface area (Å²) in [6.45, 7) is 0. The van der Waals surface area contributed by atoms with Gasteiger partial charge in [-0.1, -0.05) is 164 Å². The Bertz CT molecular complexity index is 2820. The van der Waals surface area contributed by atoms with Gasteiger partial charge in [0.1, 0.15) is 0 Å². The number of hydrogen-bond donors (Lipinski definition) is 0. The Balaban J connectivity index is 1.15. The number of rotatable bonds is 7. The van der Waals surface area contributed by atoms with Crippen LogP contribution >= 0.6 is 0 Å². The van der Waals surface area contributed by atoms with E-state index in [1.54, 1.807) is 0 Å². The molecule has 0 heterocycles. The molecule has 57 heavy (non-hydrogen) atoms. The summed E-state index contributed by atoms with van der Waals surface area (Å²) >= 11 is 0. The molecule has 0 amide bonds. The number of hydrogen-bond acceptors (Lipinski definition) is 2. The molecule has 0 saturated carbocycles.